The van der Waals surface area contributed by atoms with Gasteiger partial charge in [-0.05, 0) is 42.7 Å². The number of aliphatic carboxylic acids is 1. The number of aryl methyl sites for hydroxylation is 1. The van der Waals surface area contributed by atoms with E-state index in [1.807, 2.05) is 6.07 Å². The molecule has 1 atom stereocenters. The van der Waals surface area contributed by atoms with E-state index in [4.69, 9.17) is 5.11 Å². The van der Waals surface area contributed by atoms with E-state index in [2.05, 4.69) is 18.2 Å². The fraction of sp³-hybridized carbons (Fsp3) is 0.429. The van der Waals surface area contributed by atoms with Crippen LogP contribution in [-0.4, -0.2) is 16.9 Å². The lowest BCUT2D eigenvalue weighted by Crippen LogP contribution is -2.12. The highest BCUT2D eigenvalue weighted by Gasteiger charge is 2.22. The summed E-state index contributed by atoms with van der Waals surface area (Å²) >= 11 is 0. The predicted molar refractivity (Wildman–Crippen MR) is 64.0 cm³/mol. The van der Waals surface area contributed by atoms with Crippen LogP contribution in [0.4, 0.5) is 0 Å². The Balaban J connectivity index is 1.86. The lowest BCUT2D eigenvalue weighted by molar-refractivity contribution is -0.149. The van der Waals surface area contributed by atoms with Crippen LogP contribution in [0, 0.1) is 0 Å². The Labute approximate surface area is 100 Å². The van der Waals surface area contributed by atoms with Crippen molar-refractivity contribution in [3.05, 3.63) is 35.4 Å². The zero-order valence-corrected chi connectivity index (χ0v) is 9.69. The van der Waals surface area contributed by atoms with Gasteiger partial charge in [0.05, 0.1) is 0 Å². The minimum atomic E-state index is -1.31. The third-order valence-electron chi connectivity index (χ3n) is 3.45. The summed E-state index contributed by atoms with van der Waals surface area (Å²) in [6.07, 6.45) is 3.97. The molecule has 0 aromatic heterocycles. The molecule has 0 bridgehead atoms. The summed E-state index contributed by atoms with van der Waals surface area (Å²) in [7, 11) is 0. The molecule has 2 rings (SSSR count). The molecule has 0 saturated heterocycles. The first kappa shape index (κ1) is 11.8. The number of carboxylic acid groups (broad SMARTS) is 1. The van der Waals surface area contributed by atoms with E-state index in [1.54, 1.807) is 0 Å². The number of carboxylic acids is 1. The van der Waals surface area contributed by atoms with Gasteiger partial charge in [-0.25, -0.2) is 4.79 Å². The second-order valence-electron chi connectivity index (χ2n) is 4.55. The van der Waals surface area contributed by atoms with Crippen LogP contribution in [0.5, 0.6) is 0 Å². The number of rotatable bonds is 5. The van der Waals surface area contributed by atoms with Gasteiger partial charge in [-0.3, -0.25) is 4.79 Å². The molecule has 90 valence electrons. The Bertz CT molecular complexity index is 437. The monoisotopic (exact) mass is 232 g/mol. The van der Waals surface area contributed by atoms with Crippen molar-refractivity contribution in [3.8, 4) is 0 Å². The highest BCUT2D eigenvalue weighted by Crippen LogP contribution is 2.36. The van der Waals surface area contributed by atoms with E-state index < -0.39 is 11.8 Å². The lowest BCUT2D eigenvalue weighted by atomic mass is 9.95. The van der Waals surface area contributed by atoms with Crippen molar-refractivity contribution < 1.29 is 14.7 Å². The SMILES string of the molecule is O=C(O)C(=O)CCCC1CCc2ccccc21. The number of fused-ring (bicyclic) bond motifs is 1. The van der Waals surface area contributed by atoms with Crippen LogP contribution in [0.25, 0.3) is 0 Å². The zero-order chi connectivity index (χ0) is 12.3. The van der Waals surface area contributed by atoms with Gasteiger partial charge < -0.3 is 5.11 Å². The summed E-state index contributed by atoms with van der Waals surface area (Å²) in [5, 5.41) is 8.48. The molecule has 1 aliphatic rings. The van der Waals surface area contributed by atoms with E-state index in [0.717, 1.165) is 19.3 Å². The van der Waals surface area contributed by atoms with Crippen LogP contribution in [0.2, 0.25) is 0 Å². The Morgan fingerprint density at radius 2 is 2.06 bits per heavy atom. The minimum Gasteiger partial charge on any atom is -0.476 e. The molecular weight excluding hydrogens is 216 g/mol. The van der Waals surface area contributed by atoms with Gasteiger partial charge in [0.15, 0.2) is 0 Å². The number of benzene rings is 1. The maximum atomic E-state index is 11.0. The average Bonchev–Trinajstić information content (AvgIpc) is 2.72. The molecule has 1 aromatic rings. The summed E-state index contributed by atoms with van der Waals surface area (Å²) in [5.41, 5.74) is 2.79. The third-order valence-corrected chi connectivity index (χ3v) is 3.45. The standard InChI is InChI=1S/C14H16O3/c15-13(14(16)17)7-3-5-11-9-8-10-4-1-2-6-12(10)11/h1-2,4,6,11H,3,5,7-9H2,(H,16,17). The van der Waals surface area contributed by atoms with Gasteiger partial charge in [-0.1, -0.05) is 24.3 Å². The Morgan fingerprint density at radius 3 is 2.82 bits per heavy atom. The van der Waals surface area contributed by atoms with Gasteiger partial charge in [0.1, 0.15) is 0 Å². The van der Waals surface area contributed by atoms with Crippen LogP contribution in [0.15, 0.2) is 24.3 Å². The van der Waals surface area contributed by atoms with Crippen molar-refractivity contribution in [2.75, 3.05) is 0 Å². The lowest BCUT2D eigenvalue weighted by Gasteiger charge is -2.10. The van der Waals surface area contributed by atoms with Gasteiger partial charge in [0.2, 0.25) is 5.78 Å². The molecular formula is C14H16O3. The van der Waals surface area contributed by atoms with Crippen LogP contribution in [-0.2, 0) is 16.0 Å². The predicted octanol–water partition coefficient (Wildman–Crippen LogP) is 2.54. The average molecular weight is 232 g/mol. The summed E-state index contributed by atoms with van der Waals surface area (Å²) in [6.45, 7) is 0. The number of carbonyl (C=O) groups excluding carboxylic acids is 1. The molecule has 1 unspecified atom stereocenters. The van der Waals surface area contributed by atoms with Crippen molar-refractivity contribution in [2.24, 2.45) is 0 Å². The van der Waals surface area contributed by atoms with E-state index in [-0.39, 0.29) is 6.42 Å². The first-order valence-corrected chi connectivity index (χ1v) is 6.02. The van der Waals surface area contributed by atoms with Crippen LogP contribution >= 0.6 is 0 Å². The number of hydrogen-bond donors (Lipinski definition) is 1. The molecule has 0 saturated carbocycles. The maximum absolute atomic E-state index is 11.0. The minimum absolute atomic E-state index is 0.161. The molecule has 0 amide bonds. The van der Waals surface area contributed by atoms with E-state index in [0.29, 0.717) is 12.3 Å². The fourth-order valence-electron chi connectivity index (χ4n) is 2.56. The van der Waals surface area contributed by atoms with Crippen molar-refractivity contribution in [2.45, 2.75) is 38.0 Å². The van der Waals surface area contributed by atoms with Gasteiger partial charge in [-0.2, -0.15) is 0 Å². The van der Waals surface area contributed by atoms with Gasteiger partial charge >= 0.3 is 5.97 Å². The van der Waals surface area contributed by atoms with E-state index >= 15 is 0 Å². The van der Waals surface area contributed by atoms with Crippen LogP contribution in [0.1, 0.15) is 42.7 Å². The molecule has 1 aliphatic carbocycles. The molecule has 3 nitrogen and oxygen atoms in total. The third kappa shape index (κ3) is 2.73. The number of ketones is 1. The molecule has 0 aliphatic heterocycles. The van der Waals surface area contributed by atoms with Crippen molar-refractivity contribution in [1.29, 1.82) is 0 Å². The molecule has 0 spiro atoms. The van der Waals surface area contributed by atoms with E-state index in [9.17, 15) is 9.59 Å². The molecule has 17 heavy (non-hydrogen) atoms. The second-order valence-corrected chi connectivity index (χ2v) is 4.55. The first-order valence-electron chi connectivity index (χ1n) is 6.02. The first-order chi connectivity index (χ1) is 8.18. The van der Waals surface area contributed by atoms with E-state index in [1.165, 1.54) is 11.1 Å². The van der Waals surface area contributed by atoms with Gasteiger partial charge in [-0.15, -0.1) is 0 Å². The van der Waals surface area contributed by atoms with Crippen molar-refractivity contribution in [1.82, 2.24) is 0 Å². The molecule has 0 fully saturated rings. The highest BCUT2D eigenvalue weighted by atomic mass is 16.4. The maximum Gasteiger partial charge on any atom is 0.372 e. The van der Waals surface area contributed by atoms with Crippen LogP contribution in [0.3, 0.4) is 0 Å². The molecule has 1 N–H and O–H groups in total. The number of Topliss-reactive ketones (excluding diaryl/α,β-unsaturated/α-hetero) is 1. The van der Waals surface area contributed by atoms with Crippen molar-refractivity contribution >= 4 is 11.8 Å². The Kier molecular flexibility index (Phi) is 3.57. The number of hydrogen-bond acceptors (Lipinski definition) is 2. The molecule has 0 radical (unpaired) electrons. The van der Waals surface area contributed by atoms with Crippen molar-refractivity contribution in [3.63, 3.8) is 0 Å². The fourth-order valence-corrected chi connectivity index (χ4v) is 2.56. The summed E-state index contributed by atoms with van der Waals surface area (Å²) in [5.74, 6) is -1.47. The molecule has 3 heteroatoms. The quantitative estimate of drug-likeness (QED) is 0.794. The van der Waals surface area contributed by atoms with Crippen LogP contribution < -0.4 is 0 Å². The molecule has 0 heterocycles. The Hall–Kier alpha value is -1.64. The summed E-state index contributed by atoms with van der Waals surface area (Å²) < 4.78 is 0. The largest absolute Gasteiger partial charge is 0.476 e. The summed E-state index contributed by atoms with van der Waals surface area (Å²) in [6, 6.07) is 8.39. The topological polar surface area (TPSA) is 54.4 Å². The van der Waals surface area contributed by atoms with Gasteiger partial charge in [0.25, 0.3) is 0 Å². The molecule has 1 aromatic carbocycles. The Morgan fingerprint density at radius 1 is 1.29 bits per heavy atom. The normalized spacial score (nSPS) is 17.8. The highest BCUT2D eigenvalue weighted by molar-refractivity contribution is 6.32. The smallest absolute Gasteiger partial charge is 0.372 e. The second kappa shape index (κ2) is 5.13. The summed E-state index contributed by atoms with van der Waals surface area (Å²) in [4.78, 5) is 21.3. The zero-order valence-electron chi connectivity index (χ0n) is 9.69. The van der Waals surface area contributed by atoms with Gasteiger partial charge in [0, 0.05) is 6.42 Å². The number of carbonyl (C=O) groups is 2.